The summed E-state index contributed by atoms with van der Waals surface area (Å²) in [6.07, 6.45) is 6.07. The van der Waals surface area contributed by atoms with E-state index in [0.717, 1.165) is 42.1 Å². The highest BCUT2D eigenvalue weighted by Crippen LogP contribution is 2.27. The number of hydrogen-bond donors (Lipinski definition) is 4. The lowest BCUT2D eigenvalue weighted by molar-refractivity contribution is -0.128. The maximum Gasteiger partial charge on any atom is 0.243 e. The van der Waals surface area contributed by atoms with Gasteiger partial charge in [-0.15, -0.1) is 0 Å². The van der Waals surface area contributed by atoms with Crippen LogP contribution in [0.15, 0.2) is 30.5 Å². The smallest absolute Gasteiger partial charge is 0.243 e. The first-order chi connectivity index (χ1) is 12.5. The van der Waals surface area contributed by atoms with E-state index in [4.69, 9.17) is 0 Å². The second-order valence-corrected chi connectivity index (χ2v) is 7.17. The van der Waals surface area contributed by atoms with Gasteiger partial charge in [0.1, 0.15) is 6.04 Å². The Bertz CT molecular complexity index is 765. The average molecular weight is 357 g/mol. The summed E-state index contributed by atoms with van der Waals surface area (Å²) in [5.74, 6) is -0.244. The van der Waals surface area contributed by atoms with Crippen LogP contribution in [0, 0.1) is 5.92 Å². The van der Waals surface area contributed by atoms with E-state index >= 15 is 0 Å². The fourth-order valence-electron chi connectivity index (χ4n) is 3.81. The molecular weight excluding hydrogens is 330 g/mol. The van der Waals surface area contributed by atoms with Gasteiger partial charge in [-0.05, 0) is 30.4 Å². The number of benzene rings is 1. The van der Waals surface area contributed by atoms with Crippen LogP contribution in [0.5, 0.6) is 0 Å². The molecule has 1 aromatic heterocycles. The normalized spacial score (nSPS) is 17.2. The van der Waals surface area contributed by atoms with E-state index in [1.807, 2.05) is 30.5 Å². The first kappa shape index (κ1) is 18.5. The monoisotopic (exact) mass is 357 g/mol. The van der Waals surface area contributed by atoms with E-state index < -0.39 is 12.1 Å². The minimum atomic E-state index is -0.664. The molecule has 6 heteroatoms. The predicted octanol–water partition coefficient (Wildman–Crippen LogP) is 1.88. The number of H-pyrrole nitrogens is 1. The van der Waals surface area contributed by atoms with Gasteiger partial charge in [-0.3, -0.25) is 9.59 Å². The van der Waals surface area contributed by atoms with E-state index in [1.54, 1.807) is 0 Å². The number of rotatable bonds is 7. The lowest BCUT2D eigenvalue weighted by atomic mass is 10.0. The minimum Gasteiger partial charge on any atom is -0.391 e. The van der Waals surface area contributed by atoms with E-state index in [-0.39, 0.29) is 24.3 Å². The Morgan fingerprint density at radius 2 is 2.00 bits per heavy atom. The molecule has 0 saturated heterocycles. The summed E-state index contributed by atoms with van der Waals surface area (Å²) < 4.78 is 0. The van der Waals surface area contributed by atoms with Crippen LogP contribution in [0.3, 0.4) is 0 Å². The molecule has 1 fully saturated rings. The summed E-state index contributed by atoms with van der Waals surface area (Å²) in [7, 11) is 0. The quantitative estimate of drug-likeness (QED) is 0.609. The van der Waals surface area contributed by atoms with Crippen LogP contribution in [-0.4, -0.2) is 40.6 Å². The number of aromatic amines is 1. The van der Waals surface area contributed by atoms with Gasteiger partial charge in [0.15, 0.2) is 0 Å². The molecule has 4 N–H and O–H groups in total. The van der Waals surface area contributed by atoms with Gasteiger partial charge < -0.3 is 20.7 Å². The number of aliphatic hydroxyl groups is 1. The molecule has 6 nitrogen and oxygen atoms in total. The Balaban J connectivity index is 1.64. The third kappa shape index (κ3) is 4.43. The molecule has 0 radical (unpaired) electrons. The van der Waals surface area contributed by atoms with Crippen molar-refractivity contribution in [3.05, 3.63) is 36.0 Å². The average Bonchev–Trinajstić information content (AvgIpc) is 3.29. The number of nitrogens with one attached hydrogen (secondary N) is 3. The van der Waals surface area contributed by atoms with Crippen LogP contribution in [0.2, 0.25) is 0 Å². The molecule has 1 aliphatic rings. The molecule has 0 spiro atoms. The van der Waals surface area contributed by atoms with Crippen molar-refractivity contribution >= 4 is 22.7 Å². The Morgan fingerprint density at radius 3 is 2.73 bits per heavy atom. The van der Waals surface area contributed by atoms with Crippen molar-refractivity contribution in [2.45, 2.75) is 51.2 Å². The summed E-state index contributed by atoms with van der Waals surface area (Å²) >= 11 is 0. The minimum absolute atomic E-state index is 0.230. The summed E-state index contributed by atoms with van der Waals surface area (Å²) in [4.78, 5) is 27.4. The predicted molar refractivity (Wildman–Crippen MR) is 101 cm³/mol. The molecule has 0 bridgehead atoms. The summed E-state index contributed by atoms with van der Waals surface area (Å²) in [5, 5.41) is 16.8. The summed E-state index contributed by atoms with van der Waals surface area (Å²) in [5.41, 5.74) is 1.98. The van der Waals surface area contributed by atoms with Crippen LogP contribution in [0.4, 0.5) is 0 Å². The number of amides is 2. The van der Waals surface area contributed by atoms with Crippen molar-refractivity contribution in [2.24, 2.45) is 5.92 Å². The second-order valence-electron chi connectivity index (χ2n) is 7.17. The van der Waals surface area contributed by atoms with Crippen LogP contribution in [0.1, 0.15) is 38.2 Å². The molecular formula is C20H27N3O3. The molecule has 2 unspecified atom stereocenters. The van der Waals surface area contributed by atoms with Crippen LogP contribution < -0.4 is 10.6 Å². The number of aliphatic hydroxyl groups excluding tert-OH is 1. The summed E-state index contributed by atoms with van der Waals surface area (Å²) in [6.45, 7) is 1.64. The maximum atomic E-state index is 12.6. The van der Waals surface area contributed by atoms with E-state index in [0.29, 0.717) is 6.42 Å². The van der Waals surface area contributed by atoms with Gasteiger partial charge in [0.05, 0.1) is 6.10 Å². The van der Waals surface area contributed by atoms with Crippen molar-refractivity contribution in [3.8, 4) is 0 Å². The van der Waals surface area contributed by atoms with Crippen molar-refractivity contribution in [2.75, 3.05) is 6.54 Å². The zero-order valence-corrected chi connectivity index (χ0v) is 15.1. The highest BCUT2D eigenvalue weighted by molar-refractivity contribution is 5.89. The fourth-order valence-corrected chi connectivity index (χ4v) is 3.81. The van der Waals surface area contributed by atoms with Gasteiger partial charge in [0.25, 0.3) is 0 Å². The third-order valence-corrected chi connectivity index (χ3v) is 5.22. The lowest BCUT2D eigenvalue weighted by Gasteiger charge is -2.21. The highest BCUT2D eigenvalue weighted by atomic mass is 16.3. The largest absolute Gasteiger partial charge is 0.391 e. The van der Waals surface area contributed by atoms with Gasteiger partial charge in [0.2, 0.25) is 11.8 Å². The SMILES string of the molecule is CC(=O)NC(Cc1c[nH]c2ccccc12)C(=O)NCC(O)C1CCCC1. The van der Waals surface area contributed by atoms with Gasteiger partial charge in [-0.25, -0.2) is 0 Å². The Labute approximate surface area is 153 Å². The van der Waals surface area contributed by atoms with E-state index in [1.165, 1.54) is 6.92 Å². The van der Waals surface area contributed by atoms with Crippen molar-refractivity contribution in [3.63, 3.8) is 0 Å². The molecule has 3 rings (SSSR count). The van der Waals surface area contributed by atoms with E-state index in [9.17, 15) is 14.7 Å². The molecule has 1 aliphatic carbocycles. The molecule has 2 aromatic rings. The standard InChI is InChI=1S/C20H27N3O3/c1-13(24)23-18(10-15-11-21-17-9-5-4-8-16(15)17)20(26)22-12-19(25)14-6-2-3-7-14/h4-5,8-9,11,14,18-19,21,25H,2-3,6-7,10,12H2,1H3,(H,22,26)(H,23,24). The van der Waals surface area contributed by atoms with Gasteiger partial charge in [0, 0.05) is 37.0 Å². The molecule has 1 aromatic carbocycles. The highest BCUT2D eigenvalue weighted by Gasteiger charge is 2.26. The Morgan fingerprint density at radius 1 is 1.27 bits per heavy atom. The first-order valence-electron chi connectivity index (χ1n) is 9.32. The van der Waals surface area contributed by atoms with Gasteiger partial charge >= 0.3 is 0 Å². The number of aromatic nitrogens is 1. The van der Waals surface area contributed by atoms with Crippen molar-refractivity contribution in [1.29, 1.82) is 0 Å². The van der Waals surface area contributed by atoms with Gasteiger partial charge in [-0.1, -0.05) is 31.0 Å². The number of hydrogen-bond acceptors (Lipinski definition) is 3. The third-order valence-electron chi connectivity index (χ3n) is 5.22. The Kier molecular flexibility index (Phi) is 5.93. The Hall–Kier alpha value is -2.34. The van der Waals surface area contributed by atoms with Crippen LogP contribution in [0.25, 0.3) is 10.9 Å². The molecule has 140 valence electrons. The molecule has 26 heavy (non-hydrogen) atoms. The molecule has 2 amide bonds. The lowest BCUT2D eigenvalue weighted by Crippen LogP contribution is -2.49. The van der Waals surface area contributed by atoms with E-state index in [2.05, 4.69) is 15.6 Å². The number of para-hydroxylation sites is 1. The maximum absolute atomic E-state index is 12.6. The van der Waals surface area contributed by atoms with Crippen LogP contribution >= 0.6 is 0 Å². The zero-order chi connectivity index (χ0) is 18.5. The summed E-state index contributed by atoms with van der Waals surface area (Å²) in [6, 6.07) is 7.20. The van der Waals surface area contributed by atoms with Crippen molar-refractivity contribution < 1.29 is 14.7 Å². The second kappa shape index (κ2) is 8.36. The molecule has 2 atom stereocenters. The van der Waals surface area contributed by atoms with Crippen molar-refractivity contribution in [1.82, 2.24) is 15.6 Å². The first-order valence-corrected chi connectivity index (χ1v) is 9.32. The fraction of sp³-hybridized carbons (Fsp3) is 0.500. The molecule has 1 saturated carbocycles. The van der Waals surface area contributed by atoms with Gasteiger partial charge in [-0.2, -0.15) is 0 Å². The molecule has 1 heterocycles. The topological polar surface area (TPSA) is 94.2 Å². The molecule has 0 aliphatic heterocycles. The number of carbonyl (C=O) groups is 2. The number of carbonyl (C=O) groups excluding carboxylic acids is 2. The zero-order valence-electron chi connectivity index (χ0n) is 15.1. The number of fused-ring (bicyclic) bond motifs is 1. The van der Waals surface area contributed by atoms with Crippen LogP contribution in [-0.2, 0) is 16.0 Å².